The van der Waals surface area contributed by atoms with Crippen molar-refractivity contribution < 1.29 is 42.2 Å². The molecule has 15 heteroatoms. The largest absolute Gasteiger partial charge is 0.755 e. The number of carbonyl (C=O) groups is 4. The molecule has 1 aromatic carbocycles. The van der Waals surface area contributed by atoms with Crippen LogP contribution in [-0.4, -0.2) is 84.9 Å². The van der Waals surface area contributed by atoms with Gasteiger partial charge in [0.2, 0.25) is 17.7 Å². The number of rotatable bonds is 7. The van der Waals surface area contributed by atoms with Crippen molar-refractivity contribution in [1.82, 2.24) is 25.2 Å². The minimum atomic E-state index is -2.90. The lowest BCUT2D eigenvalue weighted by molar-refractivity contribution is -0.142. The van der Waals surface area contributed by atoms with Gasteiger partial charge in [-0.15, -0.1) is 0 Å². The molecule has 14 nitrogen and oxygen atoms in total. The number of nitrogens with one attached hydrogen (secondary N) is 3. The van der Waals surface area contributed by atoms with E-state index in [9.17, 15) is 27.9 Å². The Balaban J connectivity index is 1.50. The van der Waals surface area contributed by atoms with E-state index in [1.807, 2.05) is 55.0 Å². The summed E-state index contributed by atoms with van der Waals surface area (Å²) in [7, 11) is 0. The van der Waals surface area contributed by atoms with Crippen LogP contribution < -0.4 is 24.8 Å². The smallest absolute Gasteiger partial charge is 0.408 e. The summed E-state index contributed by atoms with van der Waals surface area (Å²) in [6.07, 6.45) is 6.19. The van der Waals surface area contributed by atoms with Crippen molar-refractivity contribution >= 4 is 45.9 Å². The lowest BCUT2D eigenvalue weighted by Crippen LogP contribution is -2.59. The maximum absolute atomic E-state index is 14.6. The van der Waals surface area contributed by atoms with Crippen molar-refractivity contribution in [3.63, 3.8) is 0 Å². The van der Waals surface area contributed by atoms with Gasteiger partial charge in [0, 0.05) is 35.2 Å². The van der Waals surface area contributed by atoms with Crippen LogP contribution in [0.25, 0.3) is 10.8 Å². The van der Waals surface area contributed by atoms with E-state index in [2.05, 4.69) is 22.5 Å². The normalized spacial score (nSPS) is 29.0. The lowest BCUT2D eigenvalue weighted by Gasteiger charge is -2.33. The second-order valence-electron chi connectivity index (χ2n) is 14.8. The van der Waals surface area contributed by atoms with Crippen LogP contribution in [0.2, 0.25) is 0 Å². The number of alkyl carbamates (subject to hydrolysis) is 1. The molecule has 4 amide bonds. The van der Waals surface area contributed by atoms with Gasteiger partial charge in [0.05, 0.1) is 13.2 Å². The van der Waals surface area contributed by atoms with Gasteiger partial charge in [-0.2, -0.15) is 0 Å². The van der Waals surface area contributed by atoms with Crippen LogP contribution in [-0.2, 0) is 30.4 Å². The van der Waals surface area contributed by atoms with Gasteiger partial charge >= 0.3 is 6.09 Å². The fraction of sp³-hybridized carbons (Fsp3) is 0.583. The summed E-state index contributed by atoms with van der Waals surface area (Å²) in [4.78, 5) is 61.0. The third-order valence-corrected chi connectivity index (χ3v) is 9.91. The predicted octanol–water partition coefficient (Wildman–Crippen LogP) is 3.67. The van der Waals surface area contributed by atoms with Crippen LogP contribution in [0, 0.1) is 17.8 Å². The van der Waals surface area contributed by atoms with Crippen LogP contribution in [0.5, 0.6) is 11.6 Å². The first kappa shape index (κ1) is 38.0. The minimum absolute atomic E-state index is 0.0199. The summed E-state index contributed by atoms with van der Waals surface area (Å²) in [6.45, 7) is 11.5. The zero-order valence-corrected chi connectivity index (χ0v) is 30.7. The highest BCUT2D eigenvalue weighted by Crippen LogP contribution is 2.46. The number of allylic oxidation sites excluding steroid dienone is 1. The molecule has 3 N–H and O–H groups in total. The SMILES string of the molecule is CCOc1ccc2c(OC3CC4C(=O)NC5(C(=O)NS(=O)[O-])CC5C=CCCC(C)CC(C)C(NC(=O)OC(C)(C)C)C(=O)N4C3)nccc2c1. The Kier molecular flexibility index (Phi) is 11.6. The third kappa shape index (κ3) is 9.17. The summed E-state index contributed by atoms with van der Waals surface area (Å²) >= 11 is -2.90. The zero-order valence-electron chi connectivity index (χ0n) is 29.9. The number of hydrogen-bond donors (Lipinski definition) is 3. The van der Waals surface area contributed by atoms with Crippen LogP contribution in [0.4, 0.5) is 4.79 Å². The molecular weight excluding hydrogens is 678 g/mol. The molecule has 0 spiro atoms. The standard InChI is InChI=1S/C36H49N5O9S/c1-7-48-25-12-13-27-23(17-25)14-15-37-31(27)49-26-18-28-30(42)39-36(33(44)40-51(46)47)19-24(36)11-9-8-10-21(2)16-22(3)29(32(43)41(28)20-26)38-34(45)50-35(4,5)6/h9,11-15,17,21-22,24,26,28-29H,7-8,10,16,18-20H2,1-6H3,(H,38,45)(H,39,42)(H,40,44)(H,46,47)/p-1. The molecule has 8 unspecified atom stereocenters. The summed E-state index contributed by atoms with van der Waals surface area (Å²) in [5.74, 6) is -1.62. The molecule has 2 aliphatic heterocycles. The number of benzene rings is 1. The fourth-order valence-electron chi connectivity index (χ4n) is 7.05. The van der Waals surface area contributed by atoms with E-state index in [1.165, 1.54) is 4.90 Å². The van der Waals surface area contributed by atoms with Crippen molar-refractivity contribution in [3.05, 3.63) is 42.6 Å². The van der Waals surface area contributed by atoms with Gasteiger partial charge in [0.15, 0.2) is 0 Å². The number of pyridine rings is 1. The summed E-state index contributed by atoms with van der Waals surface area (Å²) in [6, 6.07) is 5.19. The number of carbonyl (C=O) groups excluding carboxylic acids is 4. The van der Waals surface area contributed by atoms with Gasteiger partial charge in [-0.05, 0) is 94.9 Å². The molecule has 0 radical (unpaired) electrons. The van der Waals surface area contributed by atoms with Crippen LogP contribution in [0.1, 0.15) is 73.6 Å². The predicted molar refractivity (Wildman–Crippen MR) is 188 cm³/mol. The van der Waals surface area contributed by atoms with Crippen LogP contribution in [0.15, 0.2) is 42.6 Å². The summed E-state index contributed by atoms with van der Waals surface area (Å²) in [5.41, 5.74) is -2.33. The number of nitrogens with zero attached hydrogens (tertiary/aromatic N) is 2. The maximum Gasteiger partial charge on any atom is 0.408 e. The fourth-order valence-corrected chi connectivity index (χ4v) is 7.39. The molecule has 1 saturated heterocycles. The van der Waals surface area contributed by atoms with Gasteiger partial charge in [0.25, 0.3) is 5.91 Å². The van der Waals surface area contributed by atoms with Crippen molar-refractivity contribution in [2.45, 2.75) is 103 Å². The molecule has 0 bridgehead atoms. The minimum Gasteiger partial charge on any atom is -0.755 e. The van der Waals surface area contributed by atoms with Gasteiger partial charge in [0.1, 0.15) is 35.1 Å². The van der Waals surface area contributed by atoms with Gasteiger partial charge in [-0.3, -0.25) is 23.3 Å². The molecule has 51 heavy (non-hydrogen) atoms. The van der Waals surface area contributed by atoms with Gasteiger partial charge in [-0.25, -0.2) is 9.78 Å². The summed E-state index contributed by atoms with van der Waals surface area (Å²) in [5, 5.41) is 7.13. The molecule has 1 saturated carbocycles. The van der Waals surface area contributed by atoms with Crippen molar-refractivity contribution in [2.24, 2.45) is 17.8 Å². The Bertz CT molecular complexity index is 1700. The molecule has 2 fully saturated rings. The van der Waals surface area contributed by atoms with E-state index in [0.717, 1.165) is 11.8 Å². The number of amides is 4. The van der Waals surface area contributed by atoms with E-state index in [-0.39, 0.29) is 31.2 Å². The molecule has 278 valence electrons. The molecule has 1 aliphatic carbocycles. The average Bonchev–Trinajstić information content (AvgIpc) is 3.57. The highest BCUT2D eigenvalue weighted by molar-refractivity contribution is 7.77. The lowest BCUT2D eigenvalue weighted by atomic mass is 9.88. The van der Waals surface area contributed by atoms with Crippen molar-refractivity contribution in [2.75, 3.05) is 13.2 Å². The topological polar surface area (TPSA) is 188 Å². The Morgan fingerprint density at radius 1 is 1.18 bits per heavy atom. The zero-order chi connectivity index (χ0) is 37.1. The third-order valence-electron chi connectivity index (χ3n) is 9.56. The Labute approximate surface area is 300 Å². The molecule has 3 aliphatic rings. The average molecular weight is 727 g/mol. The first-order chi connectivity index (χ1) is 24.1. The first-order valence-corrected chi connectivity index (χ1v) is 18.5. The molecule has 2 aromatic rings. The first-order valence-electron chi connectivity index (χ1n) is 17.5. The Morgan fingerprint density at radius 2 is 1.94 bits per heavy atom. The second-order valence-corrected chi connectivity index (χ2v) is 15.5. The molecule has 8 atom stereocenters. The maximum atomic E-state index is 14.6. The van der Waals surface area contributed by atoms with Crippen LogP contribution in [0.3, 0.4) is 0 Å². The van der Waals surface area contributed by atoms with E-state index in [1.54, 1.807) is 27.0 Å². The number of hydrogen-bond acceptors (Lipinski definition) is 10. The molecule has 3 heterocycles. The molecule has 5 rings (SSSR count). The van der Waals surface area contributed by atoms with Gasteiger partial charge < -0.3 is 34.3 Å². The number of aromatic nitrogens is 1. The van der Waals surface area contributed by atoms with E-state index >= 15 is 0 Å². The number of ether oxygens (including phenoxy) is 3. The van der Waals surface area contributed by atoms with E-state index < -0.39 is 70.3 Å². The Morgan fingerprint density at radius 3 is 2.65 bits per heavy atom. The quantitative estimate of drug-likeness (QED) is 0.281. The molecular formula is C36H48N5O9S-. The Hall–Kier alpha value is -4.24. The van der Waals surface area contributed by atoms with E-state index in [4.69, 9.17) is 14.2 Å². The monoisotopic (exact) mass is 726 g/mol. The van der Waals surface area contributed by atoms with Crippen molar-refractivity contribution in [3.8, 4) is 11.6 Å². The summed E-state index contributed by atoms with van der Waals surface area (Å²) < 4.78 is 42.4. The van der Waals surface area contributed by atoms with Crippen molar-refractivity contribution in [1.29, 1.82) is 0 Å². The highest BCUT2D eigenvalue weighted by Gasteiger charge is 2.61. The van der Waals surface area contributed by atoms with E-state index in [0.29, 0.717) is 36.5 Å². The molecule has 1 aromatic heterocycles. The number of fused-ring (bicyclic) bond motifs is 3. The van der Waals surface area contributed by atoms with Gasteiger partial charge in [-0.1, -0.05) is 26.0 Å². The highest BCUT2D eigenvalue weighted by atomic mass is 32.2. The second kappa shape index (κ2) is 15.6. The van der Waals surface area contributed by atoms with Crippen LogP contribution >= 0.6 is 0 Å².